The minimum atomic E-state index is -0.190. The Morgan fingerprint density at radius 3 is 2.69 bits per heavy atom. The summed E-state index contributed by atoms with van der Waals surface area (Å²) in [6.07, 6.45) is 5.15. The molecular formula is C20H20N4O2. The molecular weight excluding hydrogens is 328 g/mol. The summed E-state index contributed by atoms with van der Waals surface area (Å²) in [6.45, 7) is 0. The zero-order valence-corrected chi connectivity index (χ0v) is 14.6. The monoisotopic (exact) mass is 348 g/mol. The van der Waals surface area contributed by atoms with Gasteiger partial charge in [0, 0.05) is 25.2 Å². The number of anilines is 1. The first-order valence-electron chi connectivity index (χ1n) is 8.74. The fourth-order valence-corrected chi connectivity index (χ4v) is 3.00. The van der Waals surface area contributed by atoms with Crippen LogP contribution in [-0.2, 0) is 7.05 Å². The van der Waals surface area contributed by atoms with Gasteiger partial charge in [-0.3, -0.25) is 9.48 Å². The predicted molar refractivity (Wildman–Crippen MR) is 98.5 cm³/mol. The lowest BCUT2D eigenvalue weighted by atomic mass is 9.81. The molecule has 26 heavy (non-hydrogen) atoms. The summed E-state index contributed by atoms with van der Waals surface area (Å²) in [7, 11) is 1.84. The Morgan fingerprint density at radius 2 is 1.96 bits per heavy atom. The molecule has 0 aliphatic heterocycles. The third-order valence-electron chi connectivity index (χ3n) is 4.52. The topological polar surface area (TPSA) is 69.0 Å². The standard InChI is InChI=1S/C20H20N4O2/c1-24-13-16(19(23-24)14-7-5-8-14)20(25)22-17-11-6-12-18(21-17)26-15-9-3-2-4-10-15/h2-4,6,9-14H,5,7-8H2,1H3,(H,21,22,25). The number of benzene rings is 1. The highest BCUT2D eigenvalue weighted by atomic mass is 16.5. The molecule has 1 amide bonds. The smallest absolute Gasteiger partial charge is 0.260 e. The normalized spacial score (nSPS) is 13.9. The van der Waals surface area contributed by atoms with E-state index in [1.807, 2.05) is 37.4 Å². The maximum absolute atomic E-state index is 12.7. The number of carbonyl (C=O) groups is 1. The quantitative estimate of drug-likeness (QED) is 0.753. The molecule has 1 N–H and O–H groups in total. The summed E-state index contributed by atoms with van der Waals surface area (Å²) in [5, 5.41) is 7.34. The number of carbonyl (C=O) groups excluding carboxylic acids is 1. The minimum Gasteiger partial charge on any atom is -0.439 e. The predicted octanol–water partition coefficient (Wildman–Crippen LogP) is 4.13. The highest BCUT2D eigenvalue weighted by Gasteiger charge is 2.28. The number of nitrogens with one attached hydrogen (secondary N) is 1. The van der Waals surface area contributed by atoms with Crippen molar-refractivity contribution in [3.05, 3.63) is 66.0 Å². The van der Waals surface area contributed by atoms with E-state index in [0.717, 1.165) is 18.5 Å². The van der Waals surface area contributed by atoms with E-state index in [2.05, 4.69) is 15.4 Å². The Balaban J connectivity index is 1.51. The van der Waals surface area contributed by atoms with E-state index in [9.17, 15) is 4.79 Å². The molecule has 4 rings (SSSR count). The van der Waals surface area contributed by atoms with Crippen molar-refractivity contribution in [3.8, 4) is 11.6 Å². The summed E-state index contributed by atoms with van der Waals surface area (Å²) in [5.41, 5.74) is 1.50. The minimum absolute atomic E-state index is 0.190. The highest BCUT2D eigenvalue weighted by Crippen LogP contribution is 2.37. The SMILES string of the molecule is Cn1cc(C(=O)Nc2cccc(Oc3ccccc3)n2)c(C2CCC2)n1. The number of aryl methyl sites for hydroxylation is 1. The summed E-state index contributed by atoms with van der Waals surface area (Å²) in [4.78, 5) is 17.1. The van der Waals surface area contributed by atoms with Crippen LogP contribution in [0.1, 0.15) is 41.2 Å². The van der Waals surface area contributed by atoms with E-state index in [1.54, 1.807) is 29.1 Å². The molecule has 0 spiro atoms. The van der Waals surface area contributed by atoms with Crippen LogP contribution < -0.4 is 10.1 Å². The number of hydrogen-bond donors (Lipinski definition) is 1. The zero-order chi connectivity index (χ0) is 17.9. The van der Waals surface area contributed by atoms with Crippen LogP contribution >= 0.6 is 0 Å². The van der Waals surface area contributed by atoms with Crippen molar-refractivity contribution in [1.82, 2.24) is 14.8 Å². The molecule has 0 saturated heterocycles. The molecule has 1 saturated carbocycles. The Bertz CT molecular complexity index is 917. The number of pyridine rings is 1. The van der Waals surface area contributed by atoms with E-state index in [0.29, 0.717) is 28.9 Å². The molecule has 1 aliphatic rings. The summed E-state index contributed by atoms with van der Waals surface area (Å²) in [5.74, 6) is 1.77. The maximum atomic E-state index is 12.7. The lowest BCUT2D eigenvalue weighted by Crippen LogP contribution is -2.18. The van der Waals surface area contributed by atoms with Crippen molar-refractivity contribution < 1.29 is 9.53 Å². The number of ether oxygens (including phenoxy) is 1. The molecule has 6 heteroatoms. The summed E-state index contributed by atoms with van der Waals surface area (Å²) in [6, 6.07) is 14.7. The second-order valence-corrected chi connectivity index (χ2v) is 6.46. The van der Waals surface area contributed by atoms with Crippen molar-refractivity contribution in [2.24, 2.45) is 7.05 Å². The van der Waals surface area contributed by atoms with Crippen LogP contribution in [-0.4, -0.2) is 20.7 Å². The number of rotatable bonds is 5. The molecule has 0 radical (unpaired) electrons. The molecule has 1 aliphatic carbocycles. The number of aromatic nitrogens is 3. The van der Waals surface area contributed by atoms with Crippen LogP contribution in [0.15, 0.2) is 54.7 Å². The maximum Gasteiger partial charge on any atom is 0.260 e. The molecule has 132 valence electrons. The van der Waals surface area contributed by atoms with Crippen molar-refractivity contribution in [2.75, 3.05) is 5.32 Å². The average Bonchev–Trinajstić information content (AvgIpc) is 2.96. The van der Waals surface area contributed by atoms with Gasteiger partial charge in [0.25, 0.3) is 5.91 Å². The lowest BCUT2D eigenvalue weighted by Gasteiger charge is -2.24. The molecule has 0 bridgehead atoms. The summed E-state index contributed by atoms with van der Waals surface area (Å²) < 4.78 is 7.42. The second kappa shape index (κ2) is 7.00. The molecule has 1 aromatic carbocycles. The summed E-state index contributed by atoms with van der Waals surface area (Å²) >= 11 is 0. The fourth-order valence-electron chi connectivity index (χ4n) is 3.00. The second-order valence-electron chi connectivity index (χ2n) is 6.46. The van der Waals surface area contributed by atoms with Crippen molar-refractivity contribution in [3.63, 3.8) is 0 Å². The van der Waals surface area contributed by atoms with Crippen molar-refractivity contribution in [1.29, 1.82) is 0 Å². The third-order valence-corrected chi connectivity index (χ3v) is 4.52. The largest absolute Gasteiger partial charge is 0.439 e. The van der Waals surface area contributed by atoms with E-state index >= 15 is 0 Å². The molecule has 1 fully saturated rings. The zero-order valence-electron chi connectivity index (χ0n) is 14.6. The van der Waals surface area contributed by atoms with Gasteiger partial charge < -0.3 is 10.1 Å². The van der Waals surface area contributed by atoms with Gasteiger partial charge in [0.15, 0.2) is 0 Å². The van der Waals surface area contributed by atoms with Crippen LogP contribution in [0.3, 0.4) is 0 Å². The molecule has 0 unspecified atom stereocenters. The van der Waals surface area contributed by atoms with Gasteiger partial charge in [-0.1, -0.05) is 30.7 Å². The van der Waals surface area contributed by atoms with Gasteiger partial charge in [0.05, 0.1) is 11.3 Å². The molecule has 0 atom stereocenters. The van der Waals surface area contributed by atoms with E-state index in [1.165, 1.54) is 6.42 Å². The number of para-hydroxylation sites is 1. The van der Waals surface area contributed by atoms with E-state index < -0.39 is 0 Å². The Labute approximate surface area is 151 Å². The lowest BCUT2D eigenvalue weighted by molar-refractivity contribution is 0.102. The third kappa shape index (κ3) is 3.44. The van der Waals surface area contributed by atoms with Crippen LogP contribution in [0.2, 0.25) is 0 Å². The molecule has 6 nitrogen and oxygen atoms in total. The van der Waals surface area contributed by atoms with Gasteiger partial charge in [-0.15, -0.1) is 0 Å². The van der Waals surface area contributed by atoms with Crippen LogP contribution in [0.5, 0.6) is 11.6 Å². The Hall–Kier alpha value is -3.15. The van der Waals surface area contributed by atoms with E-state index in [4.69, 9.17) is 4.74 Å². The Kier molecular flexibility index (Phi) is 4.39. The van der Waals surface area contributed by atoms with Crippen molar-refractivity contribution in [2.45, 2.75) is 25.2 Å². The number of nitrogens with zero attached hydrogens (tertiary/aromatic N) is 3. The Morgan fingerprint density at radius 1 is 1.15 bits per heavy atom. The molecule has 2 aromatic heterocycles. The molecule has 3 aromatic rings. The first kappa shape index (κ1) is 16.3. The van der Waals surface area contributed by atoms with Gasteiger partial charge in [-0.25, -0.2) is 0 Å². The van der Waals surface area contributed by atoms with Gasteiger partial charge >= 0.3 is 0 Å². The van der Waals surface area contributed by atoms with Crippen LogP contribution in [0.25, 0.3) is 0 Å². The first-order chi connectivity index (χ1) is 12.7. The molecule has 2 heterocycles. The van der Waals surface area contributed by atoms with Crippen LogP contribution in [0.4, 0.5) is 5.82 Å². The van der Waals surface area contributed by atoms with E-state index in [-0.39, 0.29) is 5.91 Å². The van der Waals surface area contributed by atoms with Crippen molar-refractivity contribution >= 4 is 11.7 Å². The fraction of sp³-hybridized carbons (Fsp3) is 0.250. The number of amides is 1. The number of hydrogen-bond acceptors (Lipinski definition) is 4. The first-order valence-corrected chi connectivity index (χ1v) is 8.74. The highest BCUT2D eigenvalue weighted by molar-refractivity contribution is 6.04. The van der Waals surface area contributed by atoms with Crippen LogP contribution in [0, 0.1) is 0 Å². The van der Waals surface area contributed by atoms with Gasteiger partial charge in [0.1, 0.15) is 11.6 Å². The van der Waals surface area contributed by atoms with Gasteiger partial charge in [-0.2, -0.15) is 10.1 Å². The van der Waals surface area contributed by atoms with Gasteiger partial charge in [0.2, 0.25) is 5.88 Å². The van der Waals surface area contributed by atoms with Gasteiger partial charge in [-0.05, 0) is 31.0 Å². The average molecular weight is 348 g/mol.